The minimum atomic E-state index is -0.961. The summed E-state index contributed by atoms with van der Waals surface area (Å²) < 4.78 is 0. The first kappa shape index (κ1) is 40.6. The smallest absolute Gasteiger partial charge is 0.550 e. The average Bonchev–Trinajstić information content (AvgIpc) is 2.39. The van der Waals surface area contributed by atoms with Crippen LogP contribution in [0.25, 0.3) is 0 Å². The Hall–Kier alpha value is -0.0940. The van der Waals surface area contributed by atoms with Gasteiger partial charge in [-0.25, -0.2) is 0 Å². The van der Waals surface area contributed by atoms with Crippen molar-refractivity contribution < 1.29 is 39.6 Å². The van der Waals surface area contributed by atoms with Gasteiger partial charge in [0.2, 0.25) is 0 Å². The fraction of sp³-hybridized carbons (Fsp3) is 0.750. The molecule has 0 bridgehead atoms. The van der Waals surface area contributed by atoms with Crippen molar-refractivity contribution in [3.05, 3.63) is 0 Å². The van der Waals surface area contributed by atoms with Crippen molar-refractivity contribution in [1.82, 2.24) is 0 Å². The topological polar surface area (TPSA) is 161 Å². The van der Waals surface area contributed by atoms with Crippen molar-refractivity contribution in [2.45, 2.75) is 79.1 Å². The second kappa shape index (κ2) is 35.9. The largest absolute Gasteiger partial charge is 2.00 e. The molecule has 0 saturated heterocycles. The van der Waals surface area contributed by atoms with Gasteiger partial charge in [0, 0.05) is 23.9 Å². The number of carboxylic acid groups (broad SMARTS) is 4. The third kappa shape index (κ3) is 88.5. The van der Waals surface area contributed by atoms with Crippen molar-refractivity contribution in [3.63, 3.8) is 0 Å². The fourth-order valence-electron chi connectivity index (χ4n) is 0.816. The summed E-state index contributed by atoms with van der Waals surface area (Å²) in [6.45, 7) is 7.21. The molecular formula is C16H28CaMgO8. The van der Waals surface area contributed by atoms with Crippen LogP contribution in [0.15, 0.2) is 0 Å². The Kier molecular flexibility index (Phi) is 56.0. The second-order valence-corrected chi connectivity index (χ2v) is 4.49. The van der Waals surface area contributed by atoms with Crippen LogP contribution >= 0.6 is 0 Å². The summed E-state index contributed by atoms with van der Waals surface area (Å²) in [4.78, 5) is 38.0. The number of aliphatic carboxylic acids is 4. The molecule has 10 heteroatoms. The van der Waals surface area contributed by atoms with Crippen LogP contribution < -0.4 is 20.4 Å². The number of carboxylic acids is 4. The van der Waals surface area contributed by atoms with Crippen molar-refractivity contribution in [1.29, 1.82) is 0 Å². The van der Waals surface area contributed by atoms with E-state index in [1.54, 1.807) is 27.7 Å². The first-order valence-corrected chi connectivity index (χ1v) is 7.88. The predicted octanol–water partition coefficient (Wildman–Crippen LogP) is -2.62. The number of hydrogen-bond donors (Lipinski definition) is 0. The first-order chi connectivity index (χ1) is 11.1. The zero-order valence-corrected chi connectivity index (χ0v) is 20.0. The molecule has 0 aliphatic rings. The number of carbonyl (C=O) groups is 4. The zero-order valence-electron chi connectivity index (χ0n) is 16.3. The van der Waals surface area contributed by atoms with Gasteiger partial charge in [-0.1, -0.05) is 53.4 Å². The summed E-state index contributed by atoms with van der Waals surface area (Å²) in [5.74, 6) is -3.84. The van der Waals surface area contributed by atoms with E-state index in [2.05, 4.69) is 0 Å². The number of rotatable bonds is 8. The quantitative estimate of drug-likeness (QED) is 0.391. The van der Waals surface area contributed by atoms with Gasteiger partial charge in [-0.05, 0) is 25.7 Å². The molecule has 0 aromatic carbocycles. The van der Waals surface area contributed by atoms with E-state index in [1.807, 2.05) is 0 Å². The molecule has 0 atom stereocenters. The molecule has 0 heterocycles. The monoisotopic (exact) mass is 412 g/mol. The normalized spacial score (nSPS) is 7.54. The molecule has 0 unspecified atom stereocenters. The minimum Gasteiger partial charge on any atom is -0.550 e. The van der Waals surface area contributed by atoms with Crippen LogP contribution in [0.1, 0.15) is 79.1 Å². The summed E-state index contributed by atoms with van der Waals surface area (Å²) in [5, 5.41) is 38.0. The Bertz CT molecular complexity index is 274. The summed E-state index contributed by atoms with van der Waals surface area (Å²) in [6, 6.07) is 0. The van der Waals surface area contributed by atoms with E-state index in [-0.39, 0.29) is 86.5 Å². The molecule has 26 heavy (non-hydrogen) atoms. The second-order valence-electron chi connectivity index (χ2n) is 4.49. The Labute approximate surface area is 201 Å². The van der Waals surface area contributed by atoms with Crippen molar-refractivity contribution in [3.8, 4) is 0 Å². The molecule has 0 N–H and O–H groups in total. The molecular weight excluding hydrogens is 385 g/mol. The van der Waals surface area contributed by atoms with Gasteiger partial charge < -0.3 is 39.6 Å². The minimum absolute atomic E-state index is 0. The van der Waals surface area contributed by atoms with E-state index in [0.29, 0.717) is 25.7 Å². The molecule has 0 rings (SSSR count). The third-order valence-corrected chi connectivity index (χ3v) is 1.82. The molecule has 8 nitrogen and oxygen atoms in total. The summed E-state index contributed by atoms with van der Waals surface area (Å²) in [7, 11) is 0. The van der Waals surface area contributed by atoms with Crippen molar-refractivity contribution in [2.24, 2.45) is 0 Å². The molecule has 0 saturated carbocycles. The molecule has 0 spiro atoms. The molecule has 0 fully saturated rings. The van der Waals surface area contributed by atoms with Crippen LogP contribution in [0, 0.1) is 0 Å². The Morgan fingerprint density at radius 2 is 0.615 bits per heavy atom. The molecule has 0 aliphatic carbocycles. The van der Waals surface area contributed by atoms with E-state index in [0.717, 1.165) is 0 Å². The van der Waals surface area contributed by atoms with Gasteiger partial charge in [-0.3, -0.25) is 0 Å². The van der Waals surface area contributed by atoms with Gasteiger partial charge in [0.25, 0.3) is 0 Å². The molecule has 0 aromatic heterocycles. The van der Waals surface area contributed by atoms with Gasteiger partial charge in [0.15, 0.2) is 0 Å². The average molecular weight is 413 g/mol. The number of carbonyl (C=O) groups excluding carboxylic acids is 4. The van der Waals surface area contributed by atoms with Crippen molar-refractivity contribution >= 4 is 84.7 Å². The van der Waals surface area contributed by atoms with Crippen LogP contribution in [-0.2, 0) is 19.2 Å². The maximum absolute atomic E-state index is 9.49. The van der Waals surface area contributed by atoms with E-state index in [4.69, 9.17) is 0 Å². The standard InChI is InChI=1S/4C4H8O2.Ca.Mg/c4*1-2-3-4(5)6;;/h4*2-3H2,1H3,(H,5,6);;/q;;;;2*+2/p-4. The third-order valence-electron chi connectivity index (χ3n) is 1.82. The predicted molar refractivity (Wildman–Crippen MR) is 91.2 cm³/mol. The maximum Gasteiger partial charge on any atom is 2.00 e. The van der Waals surface area contributed by atoms with Gasteiger partial charge in [-0.2, -0.15) is 0 Å². The summed E-state index contributed by atoms with van der Waals surface area (Å²) in [5.41, 5.74) is 0. The zero-order chi connectivity index (χ0) is 20.0. The van der Waals surface area contributed by atoms with Crippen LogP contribution in [0.5, 0.6) is 0 Å². The molecule has 0 amide bonds. The Balaban J connectivity index is -0.0000000500. The van der Waals surface area contributed by atoms with E-state index >= 15 is 0 Å². The molecule has 0 aliphatic heterocycles. The maximum atomic E-state index is 9.49. The Morgan fingerprint density at radius 3 is 0.615 bits per heavy atom. The first-order valence-electron chi connectivity index (χ1n) is 7.88. The molecule has 144 valence electrons. The summed E-state index contributed by atoms with van der Waals surface area (Å²) in [6.07, 6.45) is 3.40. The van der Waals surface area contributed by atoms with E-state index in [1.165, 1.54) is 0 Å². The van der Waals surface area contributed by atoms with E-state index < -0.39 is 23.9 Å². The van der Waals surface area contributed by atoms with E-state index in [9.17, 15) is 39.6 Å². The summed E-state index contributed by atoms with van der Waals surface area (Å²) >= 11 is 0. The van der Waals surface area contributed by atoms with Gasteiger partial charge in [0.1, 0.15) is 0 Å². The van der Waals surface area contributed by atoms with Crippen LogP contribution in [0.2, 0.25) is 0 Å². The SMILES string of the molecule is CCCC(=O)[O-].CCCC(=O)[O-].CCCC(=O)[O-].CCCC(=O)[O-].[Ca+2].[Mg+2]. The van der Waals surface area contributed by atoms with Gasteiger partial charge in [0.05, 0.1) is 0 Å². The van der Waals surface area contributed by atoms with Crippen LogP contribution in [0.4, 0.5) is 0 Å². The van der Waals surface area contributed by atoms with Crippen LogP contribution in [0.3, 0.4) is 0 Å². The molecule has 0 radical (unpaired) electrons. The molecule has 0 aromatic rings. The number of hydrogen-bond acceptors (Lipinski definition) is 8. The fourth-order valence-corrected chi connectivity index (χ4v) is 0.816. The Morgan fingerprint density at radius 1 is 0.500 bits per heavy atom. The van der Waals surface area contributed by atoms with Gasteiger partial charge >= 0.3 is 60.8 Å². The van der Waals surface area contributed by atoms with Crippen molar-refractivity contribution in [2.75, 3.05) is 0 Å². The van der Waals surface area contributed by atoms with Crippen LogP contribution in [-0.4, -0.2) is 84.7 Å². The van der Waals surface area contributed by atoms with Gasteiger partial charge in [-0.15, -0.1) is 0 Å².